The normalized spacial score (nSPS) is 11.3. The molecule has 3 nitrogen and oxygen atoms in total. The molecule has 17 heavy (non-hydrogen) atoms. The molecule has 0 amide bonds. The smallest absolute Gasteiger partial charge is 0.132 e. The highest BCUT2D eigenvalue weighted by atomic mass is 35.5. The molecular formula is C13H12ClN3. The molecule has 1 heterocycles. The van der Waals surface area contributed by atoms with Gasteiger partial charge >= 0.3 is 0 Å². The minimum Gasteiger partial charge on any atom is -0.340 e. The van der Waals surface area contributed by atoms with Gasteiger partial charge in [-0.05, 0) is 36.4 Å². The number of nitrogens with one attached hydrogen (secondary N) is 1. The molecule has 0 spiro atoms. The molecule has 0 fully saturated rings. The Morgan fingerprint density at radius 3 is 2.35 bits per heavy atom. The largest absolute Gasteiger partial charge is 0.340 e. The Morgan fingerprint density at radius 2 is 1.76 bits per heavy atom. The highest BCUT2D eigenvalue weighted by Crippen LogP contribution is 2.14. The van der Waals surface area contributed by atoms with Crippen LogP contribution in [0, 0.1) is 0 Å². The average molecular weight is 246 g/mol. The Labute approximate surface area is 105 Å². The van der Waals surface area contributed by atoms with E-state index in [1.54, 1.807) is 19.4 Å². The molecule has 4 heteroatoms. The van der Waals surface area contributed by atoms with Crippen molar-refractivity contribution in [3.05, 3.63) is 59.4 Å². The molecule has 0 atom stereocenters. The molecule has 0 aliphatic heterocycles. The van der Waals surface area contributed by atoms with Crippen molar-refractivity contribution in [2.45, 2.75) is 0 Å². The second kappa shape index (κ2) is 5.46. The number of hydrogen-bond donors (Lipinski definition) is 1. The minimum absolute atomic E-state index is 0.717. The van der Waals surface area contributed by atoms with Crippen LogP contribution in [0.4, 0.5) is 5.69 Å². The first kappa shape index (κ1) is 11.6. The van der Waals surface area contributed by atoms with Gasteiger partial charge in [-0.2, -0.15) is 0 Å². The summed E-state index contributed by atoms with van der Waals surface area (Å²) in [6, 6.07) is 11.3. The number of halogens is 1. The van der Waals surface area contributed by atoms with Crippen molar-refractivity contribution in [3.63, 3.8) is 0 Å². The van der Waals surface area contributed by atoms with Crippen molar-refractivity contribution < 1.29 is 0 Å². The molecule has 0 aliphatic rings. The Bertz CT molecular complexity index is 506. The topological polar surface area (TPSA) is 37.3 Å². The molecule has 86 valence electrons. The molecule has 0 radical (unpaired) electrons. The molecule has 1 aromatic heterocycles. The number of nitrogens with zero attached hydrogens (tertiary/aromatic N) is 2. The van der Waals surface area contributed by atoms with E-state index in [1.807, 2.05) is 36.4 Å². The first-order valence-electron chi connectivity index (χ1n) is 5.19. The number of hydrogen-bond acceptors (Lipinski definition) is 2. The van der Waals surface area contributed by atoms with Crippen LogP contribution in [0.15, 0.2) is 53.8 Å². The zero-order valence-corrected chi connectivity index (χ0v) is 10.1. The van der Waals surface area contributed by atoms with Gasteiger partial charge in [0, 0.05) is 35.7 Å². The number of anilines is 1. The molecule has 0 saturated carbocycles. The highest BCUT2D eigenvalue weighted by molar-refractivity contribution is 6.30. The van der Waals surface area contributed by atoms with Gasteiger partial charge in [-0.3, -0.25) is 9.98 Å². The first-order valence-corrected chi connectivity index (χ1v) is 5.57. The van der Waals surface area contributed by atoms with Gasteiger partial charge in [0.2, 0.25) is 0 Å². The van der Waals surface area contributed by atoms with Crippen LogP contribution in [-0.2, 0) is 0 Å². The Hall–Kier alpha value is -1.87. The third kappa shape index (κ3) is 3.04. The Balaban J connectivity index is 2.19. The molecule has 0 unspecified atom stereocenters. The summed E-state index contributed by atoms with van der Waals surface area (Å²) in [6.45, 7) is 0. The third-order valence-electron chi connectivity index (χ3n) is 2.28. The predicted octanol–water partition coefficient (Wildman–Crippen LogP) is 3.22. The first-order chi connectivity index (χ1) is 8.29. The van der Waals surface area contributed by atoms with Gasteiger partial charge in [0.05, 0.1) is 0 Å². The van der Waals surface area contributed by atoms with Gasteiger partial charge < -0.3 is 5.32 Å². The molecule has 1 aromatic carbocycles. The monoisotopic (exact) mass is 245 g/mol. The zero-order valence-electron chi connectivity index (χ0n) is 9.39. The average Bonchev–Trinajstić information content (AvgIpc) is 2.39. The maximum absolute atomic E-state index is 5.83. The fourth-order valence-corrected chi connectivity index (χ4v) is 1.56. The van der Waals surface area contributed by atoms with Crippen molar-refractivity contribution in [2.75, 3.05) is 12.4 Å². The number of amidine groups is 1. The Morgan fingerprint density at radius 1 is 1.12 bits per heavy atom. The number of pyridine rings is 1. The third-order valence-corrected chi connectivity index (χ3v) is 2.54. The minimum atomic E-state index is 0.717. The van der Waals surface area contributed by atoms with E-state index in [2.05, 4.69) is 15.3 Å². The summed E-state index contributed by atoms with van der Waals surface area (Å²) in [5.74, 6) is 0.801. The second-order valence-electron chi connectivity index (χ2n) is 3.44. The highest BCUT2D eigenvalue weighted by Gasteiger charge is 2.02. The van der Waals surface area contributed by atoms with Gasteiger partial charge in [-0.1, -0.05) is 11.6 Å². The van der Waals surface area contributed by atoms with E-state index in [0.29, 0.717) is 0 Å². The van der Waals surface area contributed by atoms with Crippen LogP contribution < -0.4 is 5.32 Å². The number of aromatic nitrogens is 1. The summed E-state index contributed by atoms with van der Waals surface area (Å²) < 4.78 is 0. The predicted molar refractivity (Wildman–Crippen MR) is 71.8 cm³/mol. The Kier molecular flexibility index (Phi) is 3.73. The van der Waals surface area contributed by atoms with Gasteiger partial charge in [0.15, 0.2) is 0 Å². The zero-order chi connectivity index (χ0) is 12.1. The molecule has 2 rings (SSSR count). The number of rotatable bonds is 2. The molecular weight excluding hydrogens is 234 g/mol. The standard InChI is InChI=1S/C13H12ClN3/c1-15-13(10-6-8-16-9-7-10)17-12-4-2-11(14)3-5-12/h2-9H,1H3,(H,15,17). The molecule has 0 aliphatic carbocycles. The van der Waals surface area contributed by atoms with E-state index >= 15 is 0 Å². The lowest BCUT2D eigenvalue weighted by molar-refractivity contribution is 1.31. The van der Waals surface area contributed by atoms with Crippen molar-refractivity contribution in [1.82, 2.24) is 4.98 Å². The van der Waals surface area contributed by atoms with Gasteiger partial charge in [0.1, 0.15) is 5.84 Å². The van der Waals surface area contributed by atoms with Crippen LogP contribution in [-0.4, -0.2) is 17.9 Å². The molecule has 1 N–H and O–H groups in total. The van der Waals surface area contributed by atoms with E-state index in [9.17, 15) is 0 Å². The summed E-state index contributed by atoms with van der Waals surface area (Å²) in [5, 5.41) is 3.95. The quantitative estimate of drug-likeness (QED) is 0.652. The molecule has 0 bridgehead atoms. The lowest BCUT2D eigenvalue weighted by atomic mass is 10.2. The van der Waals surface area contributed by atoms with Crippen LogP contribution in [0.3, 0.4) is 0 Å². The van der Waals surface area contributed by atoms with E-state index in [0.717, 1.165) is 22.1 Å². The lowest BCUT2D eigenvalue weighted by Gasteiger charge is -2.09. The van der Waals surface area contributed by atoms with Crippen LogP contribution in [0.2, 0.25) is 5.02 Å². The summed E-state index contributed by atoms with van der Waals surface area (Å²) in [5.41, 5.74) is 1.95. The maximum atomic E-state index is 5.83. The fraction of sp³-hybridized carbons (Fsp3) is 0.0769. The summed E-state index contributed by atoms with van der Waals surface area (Å²) >= 11 is 5.83. The van der Waals surface area contributed by atoms with E-state index in [4.69, 9.17) is 11.6 Å². The molecule has 0 saturated heterocycles. The van der Waals surface area contributed by atoms with Crippen molar-refractivity contribution in [3.8, 4) is 0 Å². The van der Waals surface area contributed by atoms with Gasteiger partial charge in [-0.15, -0.1) is 0 Å². The lowest BCUT2D eigenvalue weighted by Crippen LogP contribution is -2.13. The summed E-state index contributed by atoms with van der Waals surface area (Å²) in [7, 11) is 1.75. The number of benzene rings is 1. The summed E-state index contributed by atoms with van der Waals surface area (Å²) in [4.78, 5) is 8.20. The molecule has 2 aromatic rings. The van der Waals surface area contributed by atoms with Crippen LogP contribution >= 0.6 is 11.6 Å². The van der Waals surface area contributed by atoms with Crippen LogP contribution in [0.25, 0.3) is 0 Å². The maximum Gasteiger partial charge on any atom is 0.132 e. The van der Waals surface area contributed by atoms with Crippen LogP contribution in [0.5, 0.6) is 0 Å². The fourth-order valence-electron chi connectivity index (χ4n) is 1.44. The van der Waals surface area contributed by atoms with Crippen molar-refractivity contribution >= 4 is 23.1 Å². The van der Waals surface area contributed by atoms with Crippen molar-refractivity contribution in [1.29, 1.82) is 0 Å². The van der Waals surface area contributed by atoms with Crippen molar-refractivity contribution in [2.24, 2.45) is 4.99 Å². The van der Waals surface area contributed by atoms with E-state index < -0.39 is 0 Å². The summed E-state index contributed by atoms with van der Waals surface area (Å²) in [6.07, 6.45) is 3.48. The SMILES string of the molecule is CN=C(Nc1ccc(Cl)cc1)c1ccncc1. The van der Waals surface area contributed by atoms with Crippen LogP contribution in [0.1, 0.15) is 5.56 Å². The second-order valence-corrected chi connectivity index (χ2v) is 3.88. The van der Waals surface area contributed by atoms with E-state index in [1.165, 1.54) is 0 Å². The van der Waals surface area contributed by atoms with Gasteiger partial charge in [-0.25, -0.2) is 0 Å². The van der Waals surface area contributed by atoms with Gasteiger partial charge in [0.25, 0.3) is 0 Å². The number of aliphatic imine (C=N–C) groups is 1. The van der Waals surface area contributed by atoms with E-state index in [-0.39, 0.29) is 0 Å².